The van der Waals surface area contributed by atoms with Crippen molar-refractivity contribution in [2.24, 2.45) is 5.92 Å². The van der Waals surface area contributed by atoms with E-state index in [-0.39, 0.29) is 18.1 Å². The zero-order valence-corrected chi connectivity index (χ0v) is 12.2. The SMILES string of the molecule is CC(COc1ccc(F)c(F)c1)NCCC(O)C(C)C. The summed E-state index contributed by atoms with van der Waals surface area (Å²) in [6.07, 6.45) is 0.356. The molecular formula is C15H23F2NO2. The van der Waals surface area contributed by atoms with E-state index in [1.165, 1.54) is 6.07 Å². The Bertz CT molecular complexity index is 413. The van der Waals surface area contributed by atoms with Crippen LogP contribution >= 0.6 is 0 Å². The molecule has 0 aliphatic rings. The van der Waals surface area contributed by atoms with Crippen molar-refractivity contribution in [1.29, 1.82) is 0 Å². The maximum Gasteiger partial charge on any atom is 0.162 e. The van der Waals surface area contributed by atoms with E-state index in [9.17, 15) is 13.9 Å². The minimum absolute atomic E-state index is 0.0578. The fourth-order valence-electron chi connectivity index (χ4n) is 1.66. The highest BCUT2D eigenvalue weighted by Gasteiger charge is 2.10. The molecule has 2 N–H and O–H groups in total. The van der Waals surface area contributed by atoms with Crippen LogP contribution in [0.5, 0.6) is 5.75 Å². The quantitative estimate of drug-likeness (QED) is 0.772. The number of nitrogens with one attached hydrogen (secondary N) is 1. The molecule has 0 amide bonds. The van der Waals surface area contributed by atoms with Crippen molar-refractivity contribution < 1.29 is 18.6 Å². The molecule has 0 radical (unpaired) electrons. The number of hydrogen-bond donors (Lipinski definition) is 2. The highest BCUT2D eigenvalue weighted by molar-refractivity contribution is 5.23. The van der Waals surface area contributed by atoms with Gasteiger partial charge in [0.15, 0.2) is 11.6 Å². The van der Waals surface area contributed by atoms with Gasteiger partial charge in [-0.2, -0.15) is 0 Å². The molecule has 0 fully saturated rings. The summed E-state index contributed by atoms with van der Waals surface area (Å²) in [6.45, 7) is 6.91. The van der Waals surface area contributed by atoms with Gasteiger partial charge < -0.3 is 15.2 Å². The lowest BCUT2D eigenvalue weighted by atomic mass is 10.0. The van der Waals surface area contributed by atoms with Crippen LogP contribution in [0.3, 0.4) is 0 Å². The number of aliphatic hydroxyl groups is 1. The minimum atomic E-state index is -0.914. The molecule has 0 bridgehead atoms. The van der Waals surface area contributed by atoms with E-state index in [0.29, 0.717) is 25.3 Å². The summed E-state index contributed by atoms with van der Waals surface area (Å²) in [5.74, 6) is -1.25. The monoisotopic (exact) mass is 287 g/mol. The molecule has 0 aliphatic heterocycles. The number of benzene rings is 1. The Morgan fingerprint density at radius 1 is 1.20 bits per heavy atom. The summed E-state index contributed by atoms with van der Waals surface area (Å²) in [5, 5.41) is 12.9. The molecule has 20 heavy (non-hydrogen) atoms. The first-order valence-corrected chi connectivity index (χ1v) is 6.89. The van der Waals surface area contributed by atoms with Crippen LogP contribution in [0.1, 0.15) is 27.2 Å². The fourth-order valence-corrected chi connectivity index (χ4v) is 1.66. The Hall–Kier alpha value is -1.20. The zero-order chi connectivity index (χ0) is 15.1. The van der Waals surface area contributed by atoms with Gasteiger partial charge in [0.25, 0.3) is 0 Å². The molecule has 0 saturated heterocycles. The third kappa shape index (κ3) is 5.84. The van der Waals surface area contributed by atoms with E-state index >= 15 is 0 Å². The van der Waals surface area contributed by atoms with Crippen molar-refractivity contribution in [3.63, 3.8) is 0 Å². The Balaban J connectivity index is 2.25. The second-order valence-corrected chi connectivity index (χ2v) is 5.34. The van der Waals surface area contributed by atoms with Crippen LogP contribution in [0, 0.1) is 17.6 Å². The molecule has 5 heteroatoms. The summed E-state index contributed by atoms with van der Waals surface area (Å²) in [5.41, 5.74) is 0. The van der Waals surface area contributed by atoms with E-state index < -0.39 is 11.6 Å². The summed E-state index contributed by atoms with van der Waals surface area (Å²) in [7, 11) is 0. The second kappa shape index (κ2) is 8.17. The fraction of sp³-hybridized carbons (Fsp3) is 0.600. The van der Waals surface area contributed by atoms with Crippen LogP contribution < -0.4 is 10.1 Å². The van der Waals surface area contributed by atoms with Crippen molar-refractivity contribution in [2.45, 2.75) is 39.3 Å². The van der Waals surface area contributed by atoms with Crippen molar-refractivity contribution in [2.75, 3.05) is 13.2 Å². The van der Waals surface area contributed by atoms with Gasteiger partial charge in [0.1, 0.15) is 12.4 Å². The number of aliphatic hydroxyl groups excluding tert-OH is 1. The van der Waals surface area contributed by atoms with Crippen LogP contribution in [0.4, 0.5) is 8.78 Å². The lowest BCUT2D eigenvalue weighted by Crippen LogP contribution is -2.34. The normalized spacial score (nSPS) is 14.3. The van der Waals surface area contributed by atoms with Gasteiger partial charge in [-0.25, -0.2) is 8.78 Å². The molecule has 2 unspecified atom stereocenters. The molecule has 1 aromatic carbocycles. The molecule has 0 saturated carbocycles. The van der Waals surface area contributed by atoms with Crippen LogP contribution in [0.2, 0.25) is 0 Å². The predicted octanol–water partition coefficient (Wildman–Crippen LogP) is 2.73. The average Bonchev–Trinajstić information content (AvgIpc) is 2.40. The Labute approximate surface area is 119 Å². The lowest BCUT2D eigenvalue weighted by Gasteiger charge is -2.18. The van der Waals surface area contributed by atoms with Gasteiger partial charge in [-0.05, 0) is 37.9 Å². The van der Waals surface area contributed by atoms with E-state index in [2.05, 4.69) is 5.32 Å². The third-order valence-corrected chi connectivity index (χ3v) is 3.09. The van der Waals surface area contributed by atoms with E-state index in [0.717, 1.165) is 12.1 Å². The van der Waals surface area contributed by atoms with Crippen molar-refractivity contribution >= 4 is 0 Å². The molecule has 1 aromatic rings. The molecule has 0 spiro atoms. The Kier molecular flexibility index (Phi) is 6.88. The van der Waals surface area contributed by atoms with Crippen molar-refractivity contribution in [3.05, 3.63) is 29.8 Å². The molecule has 0 heterocycles. The number of halogens is 2. The maximum atomic E-state index is 13.0. The Morgan fingerprint density at radius 2 is 1.90 bits per heavy atom. The summed E-state index contributed by atoms with van der Waals surface area (Å²) in [6, 6.07) is 3.53. The zero-order valence-electron chi connectivity index (χ0n) is 12.2. The molecule has 114 valence electrons. The summed E-state index contributed by atoms with van der Waals surface area (Å²) < 4.78 is 31.1. The number of ether oxygens (including phenoxy) is 1. The van der Waals surface area contributed by atoms with Gasteiger partial charge >= 0.3 is 0 Å². The largest absolute Gasteiger partial charge is 0.492 e. The van der Waals surface area contributed by atoms with Crippen molar-refractivity contribution in [3.8, 4) is 5.75 Å². The molecule has 3 nitrogen and oxygen atoms in total. The minimum Gasteiger partial charge on any atom is -0.492 e. The van der Waals surface area contributed by atoms with Crippen LogP contribution in [0.25, 0.3) is 0 Å². The topological polar surface area (TPSA) is 41.5 Å². The molecule has 2 atom stereocenters. The summed E-state index contributed by atoms with van der Waals surface area (Å²) >= 11 is 0. The van der Waals surface area contributed by atoms with Crippen LogP contribution in [-0.4, -0.2) is 30.4 Å². The third-order valence-electron chi connectivity index (χ3n) is 3.09. The van der Waals surface area contributed by atoms with Crippen LogP contribution in [-0.2, 0) is 0 Å². The van der Waals surface area contributed by atoms with Gasteiger partial charge in [-0.1, -0.05) is 13.8 Å². The van der Waals surface area contributed by atoms with Crippen LogP contribution in [0.15, 0.2) is 18.2 Å². The summed E-state index contributed by atoms with van der Waals surface area (Å²) in [4.78, 5) is 0. The number of hydrogen-bond acceptors (Lipinski definition) is 3. The Morgan fingerprint density at radius 3 is 2.50 bits per heavy atom. The van der Waals surface area contributed by atoms with E-state index in [1.807, 2.05) is 20.8 Å². The van der Waals surface area contributed by atoms with Gasteiger partial charge in [0.2, 0.25) is 0 Å². The lowest BCUT2D eigenvalue weighted by molar-refractivity contribution is 0.114. The second-order valence-electron chi connectivity index (χ2n) is 5.34. The van der Waals surface area contributed by atoms with E-state index in [1.54, 1.807) is 0 Å². The van der Waals surface area contributed by atoms with Crippen molar-refractivity contribution in [1.82, 2.24) is 5.32 Å². The molecular weight excluding hydrogens is 264 g/mol. The highest BCUT2D eigenvalue weighted by atomic mass is 19.2. The van der Waals surface area contributed by atoms with Gasteiger partial charge in [-0.3, -0.25) is 0 Å². The number of rotatable bonds is 8. The molecule has 0 aliphatic carbocycles. The van der Waals surface area contributed by atoms with E-state index in [4.69, 9.17) is 4.74 Å². The smallest absolute Gasteiger partial charge is 0.162 e. The average molecular weight is 287 g/mol. The van der Waals surface area contributed by atoms with Gasteiger partial charge in [0, 0.05) is 12.1 Å². The first-order valence-electron chi connectivity index (χ1n) is 6.89. The predicted molar refractivity (Wildman–Crippen MR) is 74.8 cm³/mol. The van der Waals surface area contributed by atoms with Gasteiger partial charge in [0.05, 0.1) is 6.10 Å². The molecule has 0 aromatic heterocycles. The molecule has 1 rings (SSSR count). The highest BCUT2D eigenvalue weighted by Crippen LogP contribution is 2.15. The first kappa shape index (κ1) is 16.9. The standard InChI is InChI=1S/C15H23F2NO2/c1-10(2)15(19)6-7-18-11(3)9-20-12-4-5-13(16)14(17)8-12/h4-5,8,10-11,15,18-19H,6-7,9H2,1-3H3. The van der Waals surface area contributed by atoms with Gasteiger partial charge in [-0.15, -0.1) is 0 Å². The maximum absolute atomic E-state index is 13.0. The first-order chi connectivity index (χ1) is 9.40.